The molecule has 0 fully saturated rings. The van der Waals surface area contributed by atoms with Crippen molar-refractivity contribution in [1.82, 2.24) is 0 Å². The number of nitrogens with one attached hydrogen (secondary N) is 3. The number of quaternary nitrogens is 1. The van der Waals surface area contributed by atoms with Crippen LogP contribution in [0.25, 0.3) is 0 Å². The van der Waals surface area contributed by atoms with Gasteiger partial charge < -0.3 is 20.3 Å². The van der Waals surface area contributed by atoms with Crippen molar-refractivity contribution in [3.63, 3.8) is 0 Å². The fourth-order valence-electron chi connectivity index (χ4n) is 2.57. The number of thioether (sulfide) groups is 1. The van der Waals surface area contributed by atoms with Crippen LogP contribution < -0.4 is 15.5 Å². The highest BCUT2D eigenvalue weighted by molar-refractivity contribution is 7.98. The predicted molar refractivity (Wildman–Crippen MR) is 110 cm³/mol. The van der Waals surface area contributed by atoms with Crippen LogP contribution in [0.15, 0.2) is 53.4 Å². The van der Waals surface area contributed by atoms with Crippen LogP contribution in [0.1, 0.15) is 10.4 Å². The van der Waals surface area contributed by atoms with Gasteiger partial charge in [0.05, 0.1) is 25.4 Å². The van der Waals surface area contributed by atoms with E-state index in [1.165, 1.54) is 7.11 Å². The molecule has 2 aromatic carbocycles. The Kier molecular flexibility index (Phi) is 8.03. The minimum absolute atomic E-state index is 0.135. The van der Waals surface area contributed by atoms with Crippen molar-refractivity contribution < 1.29 is 24.0 Å². The molecule has 2 rings (SSSR count). The number of anilines is 2. The first-order valence-corrected chi connectivity index (χ1v) is 9.87. The number of esters is 1. The second kappa shape index (κ2) is 10.5. The molecular formula is C20H24N3O4S+. The minimum Gasteiger partial charge on any atom is -0.465 e. The van der Waals surface area contributed by atoms with Gasteiger partial charge in [-0.05, 0) is 42.7 Å². The maximum absolute atomic E-state index is 12.2. The van der Waals surface area contributed by atoms with Crippen molar-refractivity contribution in [3.8, 4) is 0 Å². The number of methoxy groups -OCH3 is 1. The number of hydrogen-bond donors (Lipinski definition) is 3. The van der Waals surface area contributed by atoms with Gasteiger partial charge in [-0.2, -0.15) is 0 Å². The molecule has 0 radical (unpaired) electrons. The van der Waals surface area contributed by atoms with Crippen LogP contribution in [0.5, 0.6) is 0 Å². The van der Waals surface area contributed by atoms with Gasteiger partial charge >= 0.3 is 5.97 Å². The summed E-state index contributed by atoms with van der Waals surface area (Å²) in [6.45, 7) is 0.299. The van der Waals surface area contributed by atoms with Gasteiger partial charge in [-0.1, -0.05) is 12.1 Å². The van der Waals surface area contributed by atoms with E-state index in [-0.39, 0.29) is 24.9 Å². The number of ether oxygens (including phenoxy) is 1. The third-order valence-corrected chi connectivity index (χ3v) is 4.69. The number of amides is 2. The zero-order chi connectivity index (χ0) is 20.5. The molecule has 3 N–H and O–H groups in total. The maximum Gasteiger partial charge on any atom is 0.337 e. The van der Waals surface area contributed by atoms with Gasteiger partial charge in [-0.3, -0.25) is 9.59 Å². The van der Waals surface area contributed by atoms with Crippen molar-refractivity contribution in [1.29, 1.82) is 0 Å². The fraction of sp³-hybridized carbons (Fsp3) is 0.250. The van der Waals surface area contributed by atoms with Crippen molar-refractivity contribution >= 4 is 40.9 Å². The topological polar surface area (TPSA) is 88.9 Å². The minimum atomic E-state index is -0.434. The van der Waals surface area contributed by atoms with Crippen LogP contribution >= 0.6 is 11.8 Å². The molecule has 2 aromatic rings. The molecule has 0 spiro atoms. The molecule has 0 aliphatic rings. The molecule has 0 aliphatic carbocycles. The molecule has 0 bridgehead atoms. The van der Waals surface area contributed by atoms with E-state index in [0.29, 0.717) is 11.3 Å². The van der Waals surface area contributed by atoms with E-state index in [1.54, 1.807) is 43.1 Å². The summed E-state index contributed by atoms with van der Waals surface area (Å²) in [5, 5.41) is 5.63. The molecule has 0 aromatic heterocycles. The van der Waals surface area contributed by atoms with Crippen molar-refractivity contribution in [2.45, 2.75) is 4.90 Å². The number of carbonyl (C=O) groups is 3. The van der Waals surface area contributed by atoms with Gasteiger partial charge in [0.15, 0.2) is 13.1 Å². The van der Waals surface area contributed by atoms with E-state index in [1.807, 2.05) is 30.5 Å². The zero-order valence-electron chi connectivity index (χ0n) is 16.1. The highest BCUT2D eigenvalue weighted by atomic mass is 32.2. The van der Waals surface area contributed by atoms with Crippen molar-refractivity contribution in [2.75, 3.05) is 44.1 Å². The van der Waals surface area contributed by atoms with Crippen LogP contribution in [-0.2, 0) is 14.3 Å². The summed E-state index contributed by atoms with van der Waals surface area (Å²) in [5.74, 6) is -0.814. The van der Waals surface area contributed by atoms with E-state index in [0.717, 1.165) is 15.5 Å². The lowest BCUT2D eigenvalue weighted by molar-refractivity contribution is -0.862. The first-order valence-electron chi connectivity index (χ1n) is 8.65. The Hall–Kier alpha value is -2.84. The lowest BCUT2D eigenvalue weighted by Crippen LogP contribution is -3.11. The smallest absolute Gasteiger partial charge is 0.337 e. The Bertz CT molecular complexity index is 840. The summed E-state index contributed by atoms with van der Waals surface area (Å²) >= 11 is 1.56. The third-order valence-electron chi connectivity index (χ3n) is 3.90. The Morgan fingerprint density at radius 2 is 1.57 bits per heavy atom. The Balaban J connectivity index is 1.83. The summed E-state index contributed by atoms with van der Waals surface area (Å²) < 4.78 is 4.64. The molecule has 1 atom stereocenters. The molecule has 0 heterocycles. The summed E-state index contributed by atoms with van der Waals surface area (Å²) in [6.07, 6.45) is 1.95. The fourth-order valence-corrected chi connectivity index (χ4v) is 3.12. The molecule has 2 amide bonds. The van der Waals surface area contributed by atoms with Crippen molar-refractivity contribution in [3.05, 3.63) is 54.1 Å². The molecule has 1 unspecified atom stereocenters. The van der Waals surface area contributed by atoms with Crippen LogP contribution in [0.4, 0.5) is 11.4 Å². The molecule has 0 aliphatic heterocycles. The molecular weight excluding hydrogens is 378 g/mol. The first kappa shape index (κ1) is 21.5. The predicted octanol–water partition coefficient (Wildman–Crippen LogP) is 1.29. The largest absolute Gasteiger partial charge is 0.465 e. The second-order valence-corrected chi connectivity index (χ2v) is 7.02. The van der Waals surface area contributed by atoms with Gasteiger partial charge in [-0.15, -0.1) is 11.8 Å². The lowest BCUT2D eigenvalue weighted by atomic mass is 10.2. The number of carbonyl (C=O) groups excluding carboxylic acids is 3. The summed E-state index contributed by atoms with van der Waals surface area (Å²) in [7, 11) is 3.09. The second-order valence-electron chi connectivity index (χ2n) is 6.18. The van der Waals surface area contributed by atoms with Gasteiger partial charge in [0.1, 0.15) is 0 Å². The zero-order valence-corrected chi connectivity index (χ0v) is 16.9. The summed E-state index contributed by atoms with van der Waals surface area (Å²) in [5.41, 5.74) is 1.75. The quantitative estimate of drug-likeness (QED) is 0.457. The molecule has 8 heteroatoms. The monoisotopic (exact) mass is 402 g/mol. The molecule has 28 heavy (non-hydrogen) atoms. The van der Waals surface area contributed by atoms with Gasteiger partial charge in [0.2, 0.25) is 0 Å². The molecule has 0 saturated carbocycles. The summed E-state index contributed by atoms with van der Waals surface area (Å²) in [4.78, 5) is 37.6. The average Bonchev–Trinajstić information content (AvgIpc) is 2.68. The van der Waals surface area contributed by atoms with Crippen LogP contribution in [0.3, 0.4) is 0 Å². The first-order chi connectivity index (χ1) is 13.4. The highest BCUT2D eigenvalue weighted by Gasteiger charge is 2.15. The number of hydrogen-bond acceptors (Lipinski definition) is 5. The number of benzene rings is 2. The maximum atomic E-state index is 12.2. The molecule has 7 nitrogen and oxygen atoms in total. The van der Waals surface area contributed by atoms with Crippen LogP contribution in [-0.4, -0.2) is 51.3 Å². The van der Waals surface area contributed by atoms with E-state index in [4.69, 9.17) is 0 Å². The van der Waals surface area contributed by atoms with E-state index >= 15 is 0 Å². The van der Waals surface area contributed by atoms with E-state index in [2.05, 4.69) is 15.4 Å². The lowest BCUT2D eigenvalue weighted by Gasteiger charge is -2.15. The van der Waals surface area contributed by atoms with Crippen molar-refractivity contribution in [2.24, 2.45) is 0 Å². The number of rotatable bonds is 8. The molecule has 148 valence electrons. The summed E-state index contributed by atoms with van der Waals surface area (Å²) in [6, 6.07) is 14.0. The number of para-hydroxylation sites is 1. The number of likely N-dealkylation sites (N-methyl/N-ethyl adjacent to an activating group) is 1. The standard InChI is InChI=1S/C20H23N3O4S/c1-23(13-19(25)22-16-6-4-5-7-17(16)28-3)12-18(24)21-15-10-8-14(9-11-15)20(26)27-2/h4-11H,12-13H2,1-3H3,(H,21,24)(H,22,25)/p+1. The third kappa shape index (κ3) is 6.40. The SMILES string of the molecule is COC(=O)c1ccc(NC(=O)C[NH+](C)CC(=O)Nc2ccccc2SC)cc1. The highest BCUT2D eigenvalue weighted by Crippen LogP contribution is 2.24. The molecule has 0 saturated heterocycles. The van der Waals surface area contributed by atoms with Gasteiger partial charge in [-0.25, -0.2) is 4.79 Å². The Morgan fingerprint density at radius 1 is 0.964 bits per heavy atom. The van der Waals surface area contributed by atoms with Crippen LogP contribution in [0, 0.1) is 0 Å². The Labute approximate surface area is 168 Å². The van der Waals surface area contributed by atoms with E-state index < -0.39 is 5.97 Å². The van der Waals surface area contributed by atoms with E-state index in [9.17, 15) is 14.4 Å². The van der Waals surface area contributed by atoms with Gasteiger partial charge in [0, 0.05) is 10.6 Å². The van der Waals surface area contributed by atoms with Crippen LogP contribution in [0.2, 0.25) is 0 Å². The normalized spacial score (nSPS) is 11.4. The Morgan fingerprint density at radius 3 is 2.18 bits per heavy atom. The van der Waals surface area contributed by atoms with Gasteiger partial charge in [0.25, 0.3) is 11.8 Å². The average molecular weight is 402 g/mol.